The van der Waals surface area contributed by atoms with Crippen LogP contribution in [-0.2, 0) is 10.2 Å². The highest BCUT2D eigenvalue weighted by Crippen LogP contribution is 2.58. The minimum Gasteiger partial charge on any atom is -0.474 e. The lowest BCUT2D eigenvalue weighted by atomic mass is 9.62. The van der Waals surface area contributed by atoms with Crippen LogP contribution in [0.5, 0.6) is 5.88 Å². The Morgan fingerprint density at radius 2 is 2.14 bits per heavy atom. The molecule has 4 aliphatic rings. The molecule has 2 bridgehead atoms. The summed E-state index contributed by atoms with van der Waals surface area (Å²) < 4.78 is 28.5. The van der Waals surface area contributed by atoms with Crippen molar-refractivity contribution in [1.29, 1.82) is 0 Å². The Bertz CT molecular complexity index is 1390. The van der Waals surface area contributed by atoms with Crippen LogP contribution in [0.4, 0.5) is 10.1 Å². The molecular weight excluding hydrogens is 453 g/mol. The van der Waals surface area contributed by atoms with Gasteiger partial charge in [0.15, 0.2) is 0 Å². The first-order valence-corrected chi connectivity index (χ1v) is 12.1. The highest BCUT2D eigenvalue weighted by atomic mass is 19.1. The van der Waals surface area contributed by atoms with Crippen molar-refractivity contribution in [2.24, 2.45) is 0 Å². The van der Waals surface area contributed by atoms with Crippen LogP contribution in [0.15, 0.2) is 35.5 Å². The molecule has 0 aromatic carbocycles. The summed E-state index contributed by atoms with van der Waals surface area (Å²) >= 11 is 0. The number of nitrogens with zero attached hydrogens (tertiary/aromatic N) is 4. The van der Waals surface area contributed by atoms with Crippen LogP contribution in [0.1, 0.15) is 68.5 Å². The number of hydrogen-bond acceptors (Lipinski definition) is 6. The Morgan fingerprint density at radius 1 is 1.37 bits per heavy atom. The molecule has 1 amide bonds. The van der Waals surface area contributed by atoms with Gasteiger partial charge in [-0.15, -0.1) is 0 Å². The summed E-state index contributed by atoms with van der Waals surface area (Å²) in [6.07, 6.45) is 6.71. The van der Waals surface area contributed by atoms with E-state index in [9.17, 15) is 14.0 Å². The molecule has 2 saturated heterocycles. The quantitative estimate of drug-likeness (QED) is 0.555. The molecule has 0 radical (unpaired) electrons. The van der Waals surface area contributed by atoms with Crippen LogP contribution in [0.2, 0.25) is 0 Å². The third-order valence-electron chi connectivity index (χ3n) is 7.47. The van der Waals surface area contributed by atoms with Crippen LogP contribution in [0.25, 0.3) is 5.78 Å². The fraction of sp³-hybridized carbons (Fsp3) is 0.520. The van der Waals surface area contributed by atoms with Crippen LogP contribution in [-0.4, -0.2) is 49.3 Å². The molecule has 1 N–H and O–H groups in total. The zero-order valence-corrected chi connectivity index (χ0v) is 20.0. The minimum atomic E-state index is -1.03. The molecule has 3 aromatic rings. The average molecular weight is 482 g/mol. The van der Waals surface area contributed by atoms with E-state index < -0.39 is 23.7 Å². The Kier molecular flexibility index (Phi) is 4.83. The van der Waals surface area contributed by atoms with Crippen molar-refractivity contribution in [2.45, 2.75) is 75.8 Å². The van der Waals surface area contributed by atoms with Crippen molar-refractivity contribution < 1.29 is 18.7 Å². The minimum absolute atomic E-state index is 0.0771. The second-order valence-electron chi connectivity index (χ2n) is 10.4. The monoisotopic (exact) mass is 481 g/mol. The third kappa shape index (κ3) is 3.62. The fourth-order valence-corrected chi connectivity index (χ4v) is 5.33. The molecule has 5 heterocycles. The normalized spacial score (nSPS) is 29.6. The maximum atomic E-state index is 13.5. The molecule has 184 valence electrons. The van der Waals surface area contributed by atoms with Gasteiger partial charge < -0.3 is 19.4 Å². The first-order valence-electron chi connectivity index (χ1n) is 12.1. The van der Waals surface area contributed by atoms with E-state index in [0.717, 1.165) is 25.0 Å². The average Bonchev–Trinajstić information content (AvgIpc) is 3.11. The molecule has 2 saturated carbocycles. The van der Waals surface area contributed by atoms with Crippen LogP contribution in [0, 0.1) is 0 Å². The summed E-state index contributed by atoms with van der Waals surface area (Å²) in [4.78, 5) is 35.4. The Labute approximate surface area is 201 Å². The zero-order valence-electron chi connectivity index (χ0n) is 20.0. The molecule has 4 fully saturated rings. The zero-order chi connectivity index (χ0) is 24.5. The number of rotatable bonds is 7. The molecule has 9 nitrogen and oxygen atoms in total. The second kappa shape index (κ2) is 7.61. The van der Waals surface area contributed by atoms with Crippen LogP contribution < -0.4 is 15.6 Å². The van der Waals surface area contributed by atoms with Gasteiger partial charge in [-0.1, -0.05) is 6.92 Å². The van der Waals surface area contributed by atoms with E-state index in [1.54, 1.807) is 16.7 Å². The molecule has 7 rings (SSSR count). The number of amides is 1. The number of alkyl halides is 1. The van der Waals surface area contributed by atoms with Gasteiger partial charge in [0.05, 0.1) is 30.0 Å². The van der Waals surface area contributed by atoms with Gasteiger partial charge >= 0.3 is 0 Å². The number of carbonyl (C=O) groups is 1. The molecule has 0 spiro atoms. The van der Waals surface area contributed by atoms with Crippen molar-refractivity contribution in [3.63, 3.8) is 0 Å². The Morgan fingerprint density at radius 3 is 2.80 bits per heavy atom. The molecular formula is C25H28FN5O4. The topological polar surface area (TPSA) is 99.8 Å². The lowest BCUT2D eigenvalue weighted by Crippen LogP contribution is -2.45. The van der Waals surface area contributed by atoms with E-state index in [4.69, 9.17) is 14.5 Å². The molecule has 2 aliphatic heterocycles. The summed E-state index contributed by atoms with van der Waals surface area (Å²) in [7, 11) is 0. The number of pyridine rings is 1. The standard InChI is InChI=1S/C25H28FN5O4/c1-4-14(2)35-21-15(20(32)27-17-6-5-7-31(22(17)33)18-8-16(18)26)9-30-10-19(28-23(30)29-21)25-11-24(3,12-25)34-13-25/h5-7,9-10,14,16,18H,4,8,11-13H2,1-3H3,(H,27,32)/t14-,16+,18-,24?,25?/m1/s1. The SMILES string of the molecule is CC[C@@H](C)Oc1nc2nc(C34COC(C)(C3)C4)cn2cc1C(=O)Nc1cccn([C@@H]2C[C@@H]2F)c1=O. The first kappa shape index (κ1) is 22.2. The summed E-state index contributed by atoms with van der Waals surface area (Å²) in [5.41, 5.74) is 0.517. The predicted molar refractivity (Wildman–Crippen MR) is 126 cm³/mol. The van der Waals surface area contributed by atoms with Crippen LogP contribution in [0.3, 0.4) is 0 Å². The smallest absolute Gasteiger partial charge is 0.274 e. The fourth-order valence-electron chi connectivity index (χ4n) is 5.33. The molecule has 3 atom stereocenters. The van der Waals surface area contributed by atoms with Crippen molar-refractivity contribution in [2.75, 3.05) is 11.9 Å². The summed E-state index contributed by atoms with van der Waals surface area (Å²) in [5.74, 6) is 0.0610. The van der Waals surface area contributed by atoms with Gasteiger partial charge in [-0.05, 0) is 45.2 Å². The number of nitrogens with one attached hydrogen (secondary N) is 1. The molecule has 10 heteroatoms. The van der Waals surface area contributed by atoms with E-state index in [1.807, 2.05) is 20.0 Å². The van der Waals surface area contributed by atoms with E-state index in [2.05, 4.69) is 17.2 Å². The Hall–Kier alpha value is -3.27. The maximum Gasteiger partial charge on any atom is 0.274 e. The lowest BCUT2D eigenvalue weighted by Gasteiger charge is -2.41. The Balaban J connectivity index is 1.35. The molecule has 2 aliphatic carbocycles. The van der Waals surface area contributed by atoms with Gasteiger partial charge in [-0.2, -0.15) is 4.98 Å². The van der Waals surface area contributed by atoms with Crippen molar-refractivity contribution in [3.8, 4) is 5.88 Å². The predicted octanol–water partition coefficient (Wildman–Crippen LogP) is 3.42. The van der Waals surface area contributed by atoms with Gasteiger partial charge in [-0.3, -0.25) is 14.0 Å². The number of anilines is 1. The number of ether oxygens (including phenoxy) is 2. The molecule has 35 heavy (non-hydrogen) atoms. The lowest BCUT2D eigenvalue weighted by molar-refractivity contribution is 0.0154. The van der Waals surface area contributed by atoms with E-state index in [1.165, 1.54) is 16.8 Å². The number of fused-ring (bicyclic) bond motifs is 2. The number of aromatic nitrogens is 4. The van der Waals surface area contributed by atoms with E-state index in [0.29, 0.717) is 18.8 Å². The van der Waals surface area contributed by atoms with Crippen molar-refractivity contribution >= 4 is 17.4 Å². The summed E-state index contributed by atoms with van der Waals surface area (Å²) in [5, 5.41) is 2.67. The van der Waals surface area contributed by atoms with Crippen LogP contribution >= 0.6 is 0 Å². The number of imidazole rings is 1. The number of hydrogen-bond donors (Lipinski definition) is 1. The van der Waals surface area contributed by atoms with Gasteiger partial charge in [0.2, 0.25) is 11.7 Å². The summed E-state index contributed by atoms with van der Waals surface area (Å²) in [6.45, 7) is 6.61. The largest absolute Gasteiger partial charge is 0.474 e. The highest BCUT2D eigenvalue weighted by molar-refractivity contribution is 6.05. The van der Waals surface area contributed by atoms with Gasteiger partial charge in [0.25, 0.3) is 11.5 Å². The molecule has 3 aromatic heterocycles. The van der Waals surface area contributed by atoms with E-state index in [-0.39, 0.29) is 34.3 Å². The first-order chi connectivity index (χ1) is 16.7. The van der Waals surface area contributed by atoms with Gasteiger partial charge in [0.1, 0.15) is 17.4 Å². The van der Waals surface area contributed by atoms with Crippen molar-refractivity contribution in [3.05, 3.63) is 52.3 Å². The summed E-state index contributed by atoms with van der Waals surface area (Å²) in [6, 6.07) is 2.66. The van der Waals surface area contributed by atoms with Gasteiger partial charge in [0, 0.05) is 30.4 Å². The number of carbonyl (C=O) groups excluding carboxylic acids is 1. The maximum absolute atomic E-state index is 13.5. The number of halogens is 1. The highest BCUT2D eigenvalue weighted by Gasteiger charge is 2.61. The van der Waals surface area contributed by atoms with Gasteiger partial charge in [-0.25, -0.2) is 9.37 Å². The van der Waals surface area contributed by atoms with Crippen molar-refractivity contribution in [1.82, 2.24) is 18.9 Å². The second-order valence-corrected chi connectivity index (χ2v) is 10.4. The molecule has 0 unspecified atom stereocenters. The van der Waals surface area contributed by atoms with E-state index >= 15 is 0 Å². The third-order valence-corrected chi connectivity index (χ3v) is 7.47.